The van der Waals surface area contributed by atoms with Gasteiger partial charge in [0.2, 0.25) is 0 Å². The number of hydrogen-bond acceptors (Lipinski definition) is 4. The number of likely N-dealkylation sites (tertiary alicyclic amines) is 1. The van der Waals surface area contributed by atoms with Gasteiger partial charge in [0.15, 0.2) is 0 Å². The molecule has 3 N–H and O–H groups in total. The summed E-state index contributed by atoms with van der Waals surface area (Å²) in [5.41, 5.74) is 5.71. The molecule has 0 aromatic heterocycles. The van der Waals surface area contributed by atoms with Crippen LogP contribution in [-0.2, 0) is 0 Å². The van der Waals surface area contributed by atoms with Crippen LogP contribution in [-0.4, -0.2) is 67.3 Å². The molecule has 84 valence electrons. The topological polar surface area (TPSA) is 52.7 Å². The number of nitrogens with zero attached hydrogens (tertiary/aromatic N) is 2. The second kappa shape index (κ2) is 5.07. The summed E-state index contributed by atoms with van der Waals surface area (Å²) < 4.78 is 0. The minimum atomic E-state index is -0.0943. The van der Waals surface area contributed by atoms with Crippen molar-refractivity contribution in [2.45, 2.75) is 19.0 Å². The molecule has 1 aliphatic rings. The summed E-state index contributed by atoms with van der Waals surface area (Å²) in [6.07, 6.45) is 0. The molecule has 4 heteroatoms. The van der Waals surface area contributed by atoms with Gasteiger partial charge in [-0.3, -0.25) is 4.90 Å². The molecule has 4 nitrogen and oxygen atoms in total. The molecule has 0 saturated carbocycles. The van der Waals surface area contributed by atoms with Gasteiger partial charge in [-0.05, 0) is 20.0 Å². The minimum Gasteiger partial charge on any atom is -0.395 e. The molecule has 0 aliphatic carbocycles. The maximum Gasteiger partial charge on any atom is 0.0595 e. The van der Waals surface area contributed by atoms with Crippen LogP contribution in [0.5, 0.6) is 0 Å². The normalized spacial score (nSPS) is 31.3. The summed E-state index contributed by atoms with van der Waals surface area (Å²) in [6.45, 7) is 5.33. The van der Waals surface area contributed by atoms with E-state index in [9.17, 15) is 0 Å². The Bertz CT molecular complexity index is 175. The highest BCUT2D eigenvalue weighted by Crippen LogP contribution is 2.19. The highest BCUT2D eigenvalue weighted by Gasteiger charge is 2.31. The van der Waals surface area contributed by atoms with Gasteiger partial charge in [-0.25, -0.2) is 0 Å². The molecule has 0 bridgehead atoms. The van der Waals surface area contributed by atoms with Gasteiger partial charge in [0, 0.05) is 31.7 Å². The summed E-state index contributed by atoms with van der Waals surface area (Å²) in [5.74, 6) is 0.691. The highest BCUT2D eigenvalue weighted by molar-refractivity contribution is 4.87. The van der Waals surface area contributed by atoms with E-state index in [0.29, 0.717) is 12.0 Å². The zero-order valence-electron chi connectivity index (χ0n) is 9.48. The molecule has 1 heterocycles. The first-order valence-electron chi connectivity index (χ1n) is 5.29. The molecular formula is C10H23N3O. The largest absolute Gasteiger partial charge is 0.395 e. The van der Waals surface area contributed by atoms with E-state index in [0.717, 1.165) is 19.6 Å². The van der Waals surface area contributed by atoms with Crippen LogP contribution in [0.4, 0.5) is 0 Å². The average molecular weight is 201 g/mol. The zero-order valence-corrected chi connectivity index (χ0v) is 9.48. The van der Waals surface area contributed by atoms with Gasteiger partial charge < -0.3 is 15.7 Å². The fraction of sp³-hybridized carbons (Fsp3) is 1.00. The van der Waals surface area contributed by atoms with Crippen LogP contribution in [0.1, 0.15) is 6.92 Å². The third-order valence-electron chi connectivity index (χ3n) is 3.04. The number of aliphatic hydroxyl groups excluding tert-OH is 1. The third-order valence-corrected chi connectivity index (χ3v) is 3.04. The first kappa shape index (κ1) is 11.9. The van der Waals surface area contributed by atoms with Crippen LogP contribution in [0.3, 0.4) is 0 Å². The lowest BCUT2D eigenvalue weighted by Gasteiger charge is -2.23. The summed E-state index contributed by atoms with van der Waals surface area (Å²) in [7, 11) is 4.24. The van der Waals surface area contributed by atoms with E-state index >= 15 is 0 Å². The average Bonchev–Trinajstić information content (AvgIpc) is 2.46. The van der Waals surface area contributed by atoms with E-state index in [1.54, 1.807) is 0 Å². The number of aliphatic hydroxyl groups is 1. The van der Waals surface area contributed by atoms with Crippen molar-refractivity contribution in [3.05, 3.63) is 0 Å². The van der Waals surface area contributed by atoms with Crippen LogP contribution < -0.4 is 5.73 Å². The summed E-state index contributed by atoms with van der Waals surface area (Å²) in [4.78, 5) is 4.62. The van der Waals surface area contributed by atoms with E-state index < -0.39 is 0 Å². The van der Waals surface area contributed by atoms with E-state index in [4.69, 9.17) is 10.8 Å². The molecule has 1 rings (SSSR count). The van der Waals surface area contributed by atoms with Crippen LogP contribution in [0.15, 0.2) is 0 Å². The molecule has 0 aromatic rings. The van der Waals surface area contributed by atoms with Gasteiger partial charge in [-0.15, -0.1) is 0 Å². The van der Waals surface area contributed by atoms with E-state index in [1.165, 1.54) is 0 Å². The van der Waals surface area contributed by atoms with Crippen LogP contribution in [0, 0.1) is 5.92 Å². The lowest BCUT2D eigenvalue weighted by molar-refractivity contribution is 0.211. The van der Waals surface area contributed by atoms with Gasteiger partial charge in [0.25, 0.3) is 0 Å². The van der Waals surface area contributed by atoms with Gasteiger partial charge in [-0.2, -0.15) is 0 Å². The van der Waals surface area contributed by atoms with E-state index in [1.807, 2.05) is 0 Å². The van der Waals surface area contributed by atoms with Crippen LogP contribution in [0.25, 0.3) is 0 Å². The number of likely N-dealkylation sites (N-methyl/N-ethyl adjacent to an activating group) is 1. The second-order valence-corrected chi connectivity index (χ2v) is 4.67. The van der Waals surface area contributed by atoms with Crippen molar-refractivity contribution in [1.29, 1.82) is 0 Å². The Labute approximate surface area is 86.7 Å². The Morgan fingerprint density at radius 2 is 2.14 bits per heavy atom. The lowest BCUT2D eigenvalue weighted by atomic mass is 10.1. The monoisotopic (exact) mass is 201 g/mol. The van der Waals surface area contributed by atoms with Crippen molar-refractivity contribution in [3.8, 4) is 0 Å². The number of rotatable bonds is 4. The lowest BCUT2D eigenvalue weighted by Crippen LogP contribution is -2.40. The van der Waals surface area contributed by atoms with Crippen molar-refractivity contribution in [3.63, 3.8) is 0 Å². The van der Waals surface area contributed by atoms with Crippen molar-refractivity contribution in [1.82, 2.24) is 9.80 Å². The second-order valence-electron chi connectivity index (χ2n) is 4.67. The van der Waals surface area contributed by atoms with Crippen molar-refractivity contribution in [2.24, 2.45) is 11.7 Å². The maximum absolute atomic E-state index is 8.87. The third kappa shape index (κ3) is 2.92. The highest BCUT2D eigenvalue weighted by atomic mass is 16.3. The van der Waals surface area contributed by atoms with Crippen molar-refractivity contribution >= 4 is 0 Å². The minimum absolute atomic E-state index is 0.0809. The Hall–Kier alpha value is -0.160. The molecule has 3 atom stereocenters. The summed E-state index contributed by atoms with van der Waals surface area (Å²) >= 11 is 0. The van der Waals surface area contributed by atoms with Crippen molar-refractivity contribution in [2.75, 3.05) is 40.3 Å². The zero-order chi connectivity index (χ0) is 10.7. The maximum atomic E-state index is 8.87. The number of nitrogens with two attached hydrogens (primary N) is 1. The SMILES string of the molecule is CC1CN(CC(N)CO)CC1N(C)C. The van der Waals surface area contributed by atoms with E-state index in [-0.39, 0.29) is 12.6 Å². The number of hydrogen-bond donors (Lipinski definition) is 2. The quantitative estimate of drug-likeness (QED) is 0.624. The summed E-state index contributed by atoms with van der Waals surface area (Å²) in [5, 5.41) is 8.87. The smallest absolute Gasteiger partial charge is 0.0595 e. The van der Waals surface area contributed by atoms with Crippen molar-refractivity contribution < 1.29 is 5.11 Å². The molecule has 1 aliphatic heterocycles. The Morgan fingerprint density at radius 1 is 1.50 bits per heavy atom. The molecule has 14 heavy (non-hydrogen) atoms. The Morgan fingerprint density at radius 3 is 2.57 bits per heavy atom. The van der Waals surface area contributed by atoms with Crippen LogP contribution >= 0.6 is 0 Å². The van der Waals surface area contributed by atoms with Gasteiger partial charge in [-0.1, -0.05) is 6.92 Å². The predicted molar refractivity (Wildman–Crippen MR) is 58.1 cm³/mol. The fourth-order valence-electron chi connectivity index (χ4n) is 2.26. The molecular weight excluding hydrogens is 178 g/mol. The van der Waals surface area contributed by atoms with Gasteiger partial charge >= 0.3 is 0 Å². The molecule has 0 amide bonds. The van der Waals surface area contributed by atoms with Crippen LogP contribution in [0.2, 0.25) is 0 Å². The van der Waals surface area contributed by atoms with E-state index in [2.05, 4.69) is 30.8 Å². The first-order valence-corrected chi connectivity index (χ1v) is 5.29. The Kier molecular flexibility index (Phi) is 4.31. The Balaban J connectivity index is 2.38. The molecule has 0 spiro atoms. The molecule has 3 unspecified atom stereocenters. The molecule has 1 fully saturated rings. The molecule has 0 aromatic carbocycles. The predicted octanol–water partition coefficient (Wildman–Crippen LogP) is -0.812. The van der Waals surface area contributed by atoms with Gasteiger partial charge in [0.1, 0.15) is 0 Å². The first-order chi connectivity index (χ1) is 6.54. The standard InChI is InChI=1S/C10H23N3O/c1-8-4-13(5-9(11)7-14)6-10(8)12(2)3/h8-10,14H,4-7,11H2,1-3H3. The fourth-order valence-corrected chi connectivity index (χ4v) is 2.26. The van der Waals surface area contributed by atoms with Gasteiger partial charge in [0.05, 0.1) is 6.61 Å². The molecule has 0 radical (unpaired) electrons. The summed E-state index contributed by atoms with van der Waals surface area (Å²) in [6, 6.07) is 0.531. The molecule has 1 saturated heterocycles.